The fourth-order valence-electron chi connectivity index (χ4n) is 1.83. The maximum Gasteiger partial charge on any atom is 0.238 e. The van der Waals surface area contributed by atoms with Gasteiger partial charge in [-0.15, -0.1) is 0 Å². The van der Waals surface area contributed by atoms with Gasteiger partial charge >= 0.3 is 0 Å². The van der Waals surface area contributed by atoms with Crippen molar-refractivity contribution in [1.29, 1.82) is 0 Å². The number of unbranched alkanes of at least 4 members (excludes halogenated alkanes) is 6. The molecular formula is C14H22F2N2O. The lowest BCUT2D eigenvalue weighted by Crippen LogP contribution is -1.98. The van der Waals surface area contributed by atoms with Gasteiger partial charge in [0.05, 0.1) is 19.0 Å². The van der Waals surface area contributed by atoms with Crippen LogP contribution >= 0.6 is 0 Å². The van der Waals surface area contributed by atoms with Gasteiger partial charge in [-0.3, -0.25) is 0 Å². The predicted octanol–water partition coefficient (Wildman–Crippen LogP) is 4.24. The Morgan fingerprint density at radius 2 is 1.47 bits per heavy atom. The average molecular weight is 272 g/mol. The normalized spacial score (nSPS) is 10.9. The molecule has 5 heteroatoms. The second-order valence-electron chi connectivity index (χ2n) is 4.58. The number of nitrogens with zero attached hydrogens (tertiary/aromatic N) is 2. The number of hydrogen-bond acceptors (Lipinski definition) is 3. The number of ether oxygens (including phenoxy) is 1. The van der Waals surface area contributed by atoms with Crippen LogP contribution in [0.2, 0.25) is 0 Å². The summed E-state index contributed by atoms with van der Waals surface area (Å²) in [7, 11) is 0. The van der Waals surface area contributed by atoms with E-state index in [4.69, 9.17) is 4.74 Å². The summed E-state index contributed by atoms with van der Waals surface area (Å²) in [5.41, 5.74) is 0. The number of aromatic nitrogens is 2. The Hall–Kier alpha value is -1.26. The molecule has 0 aliphatic rings. The third-order valence-electron chi connectivity index (χ3n) is 2.87. The summed E-state index contributed by atoms with van der Waals surface area (Å²) in [4.78, 5) is 7.73. The fourth-order valence-corrected chi connectivity index (χ4v) is 1.83. The predicted molar refractivity (Wildman–Crippen MR) is 70.5 cm³/mol. The molecule has 0 amide bonds. The van der Waals surface area contributed by atoms with Gasteiger partial charge in [0.15, 0.2) is 5.75 Å². The zero-order valence-electron chi connectivity index (χ0n) is 11.2. The molecule has 19 heavy (non-hydrogen) atoms. The van der Waals surface area contributed by atoms with Gasteiger partial charge in [0.2, 0.25) is 6.43 Å². The van der Waals surface area contributed by atoms with Crippen molar-refractivity contribution < 1.29 is 13.5 Å². The lowest BCUT2D eigenvalue weighted by atomic mass is 10.1. The molecule has 0 fully saturated rings. The van der Waals surface area contributed by atoms with Gasteiger partial charge in [-0.1, -0.05) is 32.1 Å². The Labute approximate surface area is 113 Å². The summed E-state index contributed by atoms with van der Waals surface area (Å²) in [6, 6.07) is 0. The molecule has 3 nitrogen and oxygen atoms in total. The lowest BCUT2D eigenvalue weighted by molar-refractivity contribution is 0.133. The van der Waals surface area contributed by atoms with Crippen molar-refractivity contribution in [3.8, 4) is 5.75 Å². The first-order chi connectivity index (χ1) is 9.29. The van der Waals surface area contributed by atoms with Crippen LogP contribution in [0.5, 0.6) is 5.75 Å². The van der Waals surface area contributed by atoms with Crippen LogP contribution in [0.15, 0.2) is 18.7 Å². The molecule has 0 saturated heterocycles. The van der Waals surface area contributed by atoms with Crippen LogP contribution in [0.4, 0.5) is 8.78 Å². The molecule has 108 valence electrons. The number of hydrogen-bond donors (Lipinski definition) is 0. The molecule has 0 saturated carbocycles. The van der Waals surface area contributed by atoms with Crippen molar-refractivity contribution in [2.45, 2.75) is 57.8 Å². The van der Waals surface area contributed by atoms with Gasteiger partial charge in [-0.25, -0.2) is 18.7 Å². The third kappa shape index (κ3) is 9.33. The van der Waals surface area contributed by atoms with Crippen molar-refractivity contribution >= 4 is 0 Å². The Bertz CT molecular complexity index is 310. The van der Waals surface area contributed by atoms with E-state index in [-0.39, 0.29) is 6.42 Å². The van der Waals surface area contributed by atoms with E-state index in [1.54, 1.807) is 12.4 Å². The summed E-state index contributed by atoms with van der Waals surface area (Å²) in [5.74, 6) is 0.703. The second kappa shape index (κ2) is 10.6. The highest BCUT2D eigenvalue weighted by Gasteiger charge is 2.00. The van der Waals surface area contributed by atoms with E-state index in [0.717, 1.165) is 38.5 Å². The molecule has 1 heterocycles. The highest BCUT2D eigenvalue weighted by atomic mass is 19.3. The van der Waals surface area contributed by atoms with Crippen molar-refractivity contribution in [3.63, 3.8) is 0 Å². The van der Waals surface area contributed by atoms with Crippen molar-refractivity contribution in [2.75, 3.05) is 6.61 Å². The molecule has 1 rings (SSSR count). The van der Waals surface area contributed by atoms with Gasteiger partial charge in [0.25, 0.3) is 0 Å². The molecule has 1 aromatic rings. The molecule has 0 aliphatic heterocycles. The molecule has 0 N–H and O–H groups in total. The highest BCUT2D eigenvalue weighted by molar-refractivity contribution is 5.09. The summed E-state index contributed by atoms with van der Waals surface area (Å²) < 4.78 is 29.2. The van der Waals surface area contributed by atoms with Crippen molar-refractivity contribution in [1.82, 2.24) is 9.97 Å². The van der Waals surface area contributed by atoms with Crippen LogP contribution in [0.1, 0.15) is 51.4 Å². The zero-order valence-corrected chi connectivity index (χ0v) is 11.2. The minimum Gasteiger partial charge on any atom is -0.490 e. The highest BCUT2D eigenvalue weighted by Crippen LogP contribution is 2.12. The molecule has 0 spiro atoms. The van der Waals surface area contributed by atoms with Crippen LogP contribution in [0, 0.1) is 0 Å². The monoisotopic (exact) mass is 272 g/mol. The van der Waals surface area contributed by atoms with Crippen molar-refractivity contribution in [2.24, 2.45) is 0 Å². The average Bonchev–Trinajstić information content (AvgIpc) is 2.42. The van der Waals surface area contributed by atoms with Gasteiger partial charge in [0, 0.05) is 6.42 Å². The molecule has 0 aliphatic carbocycles. The number of rotatable bonds is 11. The molecular weight excluding hydrogens is 250 g/mol. The second-order valence-corrected chi connectivity index (χ2v) is 4.58. The van der Waals surface area contributed by atoms with Crippen LogP contribution < -0.4 is 4.74 Å². The van der Waals surface area contributed by atoms with E-state index in [9.17, 15) is 8.78 Å². The van der Waals surface area contributed by atoms with E-state index >= 15 is 0 Å². The van der Waals surface area contributed by atoms with Gasteiger partial charge in [-0.2, -0.15) is 0 Å². The maximum atomic E-state index is 11.9. The molecule has 0 bridgehead atoms. The smallest absolute Gasteiger partial charge is 0.238 e. The number of halogens is 2. The first-order valence-corrected chi connectivity index (χ1v) is 6.95. The SMILES string of the molecule is FC(F)CCCCCCCCCOc1cncnc1. The fraction of sp³-hybridized carbons (Fsp3) is 0.714. The van der Waals surface area contributed by atoms with E-state index in [1.807, 2.05) is 0 Å². The summed E-state index contributed by atoms with van der Waals surface area (Å²) in [5, 5.41) is 0. The largest absolute Gasteiger partial charge is 0.490 e. The quantitative estimate of drug-likeness (QED) is 0.565. The van der Waals surface area contributed by atoms with E-state index in [0.29, 0.717) is 18.8 Å². The molecule has 0 aromatic carbocycles. The number of alkyl halides is 2. The minimum absolute atomic E-state index is 0.0486. The van der Waals surface area contributed by atoms with Crippen LogP contribution in [0.3, 0.4) is 0 Å². The van der Waals surface area contributed by atoms with E-state index in [2.05, 4.69) is 9.97 Å². The molecule has 0 atom stereocenters. The zero-order chi connectivity index (χ0) is 13.8. The topological polar surface area (TPSA) is 35.0 Å². The van der Waals surface area contributed by atoms with E-state index in [1.165, 1.54) is 6.33 Å². The lowest BCUT2D eigenvalue weighted by Gasteiger charge is -2.05. The summed E-state index contributed by atoms with van der Waals surface area (Å²) >= 11 is 0. The van der Waals surface area contributed by atoms with Gasteiger partial charge < -0.3 is 4.74 Å². The standard InChI is InChI=1S/C14H22F2N2O/c15-14(16)8-6-4-2-1-3-5-7-9-19-13-10-17-12-18-11-13/h10-12,14H,1-9H2. The summed E-state index contributed by atoms with van der Waals surface area (Å²) in [6.45, 7) is 0.679. The molecule has 0 unspecified atom stereocenters. The van der Waals surface area contributed by atoms with Gasteiger partial charge in [-0.05, 0) is 12.8 Å². The molecule has 1 aromatic heterocycles. The maximum absolute atomic E-state index is 11.9. The Morgan fingerprint density at radius 3 is 2.11 bits per heavy atom. The Kier molecular flexibility index (Phi) is 8.85. The van der Waals surface area contributed by atoms with Crippen LogP contribution in [-0.4, -0.2) is 23.0 Å². The molecule has 0 radical (unpaired) electrons. The first kappa shape index (κ1) is 15.8. The first-order valence-electron chi connectivity index (χ1n) is 6.95. The Morgan fingerprint density at radius 1 is 0.895 bits per heavy atom. The summed E-state index contributed by atoms with van der Waals surface area (Å²) in [6.07, 6.45) is 9.69. The Balaban J connectivity index is 1.81. The van der Waals surface area contributed by atoms with Crippen LogP contribution in [0.25, 0.3) is 0 Å². The van der Waals surface area contributed by atoms with Crippen LogP contribution in [-0.2, 0) is 0 Å². The third-order valence-corrected chi connectivity index (χ3v) is 2.87. The van der Waals surface area contributed by atoms with E-state index < -0.39 is 6.43 Å². The minimum atomic E-state index is -2.14. The van der Waals surface area contributed by atoms with Crippen molar-refractivity contribution in [3.05, 3.63) is 18.7 Å². The van der Waals surface area contributed by atoms with Gasteiger partial charge in [0.1, 0.15) is 6.33 Å².